The van der Waals surface area contributed by atoms with Crippen LogP contribution in [0.5, 0.6) is 5.75 Å². The van der Waals surface area contributed by atoms with Crippen LogP contribution >= 0.6 is 11.8 Å². The van der Waals surface area contributed by atoms with Crippen LogP contribution in [0.15, 0.2) is 96.4 Å². The Labute approximate surface area is 152 Å². The van der Waals surface area contributed by atoms with Gasteiger partial charge in [0.15, 0.2) is 0 Å². The zero-order valence-electron chi connectivity index (χ0n) is 13.7. The molecule has 0 spiro atoms. The van der Waals surface area contributed by atoms with Gasteiger partial charge in [0.1, 0.15) is 5.75 Å². The van der Waals surface area contributed by atoms with Crippen LogP contribution in [0.2, 0.25) is 0 Å². The molecule has 0 radical (unpaired) electrons. The van der Waals surface area contributed by atoms with Gasteiger partial charge in [-0.05, 0) is 34.9 Å². The Balaban J connectivity index is 1.78. The van der Waals surface area contributed by atoms with Crippen molar-refractivity contribution in [1.82, 2.24) is 0 Å². The van der Waals surface area contributed by atoms with E-state index in [0.717, 1.165) is 17.4 Å². The summed E-state index contributed by atoms with van der Waals surface area (Å²) in [5.74, 6) is 0.988. The van der Waals surface area contributed by atoms with Gasteiger partial charge in [0.05, 0.1) is 0 Å². The van der Waals surface area contributed by atoms with E-state index < -0.39 is 5.97 Å². The van der Waals surface area contributed by atoms with Crippen molar-refractivity contribution in [2.45, 2.75) is 10.6 Å². The number of esters is 1. The second kappa shape index (κ2) is 8.36. The second-order valence-corrected chi connectivity index (χ2v) is 6.44. The molecule has 0 atom stereocenters. The summed E-state index contributed by atoms with van der Waals surface area (Å²) < 4.78 is 5.13. The van der Waals surface area contributed by atoms with Crippen molar-refractivity contribution in [1.29, 1.82) is 0 Å². The topological polar surface area (TPSA) is 26.3 Å². The third kappa shape index (κ3) is 4.61. The van der Waals surface area contributed by atoms with Gasteiger partial charge < -0.3 is 4.74 Å². The van der Waals surface area contributed by atoms with E-state index in [1.54, 1.807) is 12.1 Å². The average Bonchev–Trinajstić information content (AvgIpc) is 2.68. The minimum Gasteiger partial charge on any atom is -0.423 e. The van der Waals surface area contributed by atoms with Crippen LogP contribution in [0, 0.1) is 0 Å². The highest BCUT2D eigenvalue weighted by Crippen LogP contribution is 2.33. The Morgan fingerprint density at radius 3 is 2.32 bits per heavy atom. The van der Waals surface area contributed by atoms with Crippen LogP contribution in [0.1, 0.15) is 5.56 Å². The maximum Gasteiger partial charge on any atom is 0.335 e. The molecule has 0 unspecified atom stereocenters. The number of benzene rings is 3. The second-order valence-electron chi connectivity index (χ2n) is 5.42. The van der Waals surface area contributed by atoms with Crippen LogP contribution in [-0.2, 0) is 10.5 Å². The van der Waals surface area contributed by atoms with Gasteiger partial charge in [-0.15, -0.1) is 11.8 Å². The summed E-state index contributed by atoms with van der Waals surface area (Å²) in [6.45, 7) is 3.40. The van der Waals surface area contributed by atoms with Crippen LogP contribution in [0.3, 0.4) is 0 Å². The van der Waals surface area contributed by atoms with E-state index >= 15 is 0 Å². The SMILES string of the molecule is C=CC(=O)Oc1ccc(-c2ccccc2SCc2ccccc2)cc1. The lowest BCUT2D eigenvalue weighted by atomic mass is 10.1. The Hall–Kier alpha value is -2.78. The van der Waals surface area contributed by atoms with Crippen LogP contribution in [0.25, 0.3) is 11.1 Å². The number of hydrogen-bond donors (Lipinski definition) is 0. The largest absolute Gasteiger partial charge is 0.423 e. The molecule has 0 bridgehead atoms. The summed E-state index contributed by atoms with van der Waals surface area (Å²) in [5, 5.41) is 0. The molecule has 0 aliphatic heterocycles. The van der Waals surface area contributed by atoms with Gasteiger partial charge in [0, 0.05) is 16.7 Å². The number of carbonyl (C=O) groups excluding carboxylic acids is 1. The highest BCUT2D eigenvalue weighted by molar-refractivity contribution is 7.98. The van der Waals surface area contributed by atoms with Crippen LogP contribution < -0.4 is 4.74 Å². The number of rotatable bonds is 6. The molecule has 3 rings (SSSR count). The molecule has 0 aromatic heterocycles. The smallest absolute Gasteiger partial charge is 0.335 e. The third-order valence-corrected chi connectivity index (χ3v) is 4.82. The maximum absolute atomic E-state index is 11.3. The lowest BCUT2D eigenvalue weighted by molar-refractivity contribution is -0.128. The molecule has 3 aromatic carbocycles. The van der Waals surface area contributed by atoms with Gasteiger partial charge in [-0.3, -0.25) is 0 Å². The molecule has 124 valence electrons. The molecular weight excluding hydrogens is 328 g/mol. The Bertz CT molecular complexity index is 855. The molecule has 0 aliphatic rings. The van der Waals surface area contributed by atoms with Crippen molar-refractivity contribution in [2.24, 2.45) is 0 Å². The van der Waals surface area contributed by atoms with Gasteiger partial charge in [0.25, 0.3) is 0 Å². The lowest BCUT2D eigenvalue weighted by Gasteiger charge is -2.10. The zero-order valence-corrected chi connectivity index (χ0v) is 14.5. The first-order valence-corrected chi connectivity index (χ1v) is 8.95. The fourth-order valence-electron chi connectivity index (χ4n) is 2.43. The van der Waals surface area contributed by atoms with E-state index in [9.17, 15) is 4.79 Å². The molecule has 0 heterocycles. The monoisotopic (exact) mass is 346 g/mol. The van der Waals surface area contributed by atoms with Crippen molar-refractivity contribution < 1.29 is 9.53 Å². The first-order valence-electron chi connectivity index (χ1n) is 7.97. The van der Waals surface area contributed by atoms with E-state index in [2.05, 4.69) is 49.0 Å². The van der Waals surface area contributed by atoms with E-state index in [1.165, 1.54) is 16.0 Å². The summed E-state index contributed by atoms with van der Waals surface area (Å²) in [7, 11) is 0. The Kier molecular flexibility index (Phi) is 5.70. The predicted octanol–water partition coefficient (Wildman–Crippen LogP) is 5.74. The van der Waals surface area contributed by atoms with E-state index in [4.69, 9.17) is 4.74 Å². The first kappa shape index (κ1) is 17.1. The summed E-state index contributed by atoms with van der Waals surface area (Å²) >= 11 is 1.81. The normalized spacial score (nSPS) is 10.2. The molecule has 2 nitrogen and oxygen atoms in total. The van der Waals surface area contributed by atoms with Crippen molar-refractivity contribution in [3.05, 3.63) is 97.1 Å². The molecule has 25 heavy (non-hydrogen) atoms. The van der Waals surface area contributed by atoms with Gasteiger partial charge in [-0.1, -0.05) is 67.2 Å². The van der Waals surface area contributed by atoms with E-state index in [0.29, 0.717) is 5.75 Å². The standard InChI is InChI=1S/C22H18O2S/c1-2-22(23)24-19-14-12-18(13-15-19)20-10-6-7-11-21(20)25-16-17-8-4-3-5-9-17/h2-15H,1,16H2. The third-order valence-electron chi connectivity index (χ3n) is 3.67. The van der Waals surface area contributed by atoms with Crippen molar-refractivity contribution in [3.8, 4) is 16.9 Å². The number of thioether (sulfide) groups is 1. The van der Waals surface area contributed by atoms with Crippen molar-refractivity contribution in [3.63, 3.8) is 0 Å². The van der Waals surface area contributed by atoms with Crippen LogP contribution in [-0.4, -0.2) is 5.97 Å². The van der Waals surface area contributed by atoms with Crippen molar-refractivity contribution >= 4 is 17.7 Å². The summed E-state index contributed by atoms with van der Waals surface area (Å²) in [5.41, 5.74) is 3.56. The van der Waals surface area contributed by atoms with Crippen molar-refractivity contribution in [2.75, 3.05) is 0 Å². The van der Waals surface area contributed by atoms with Gasteiger partial charge in [-0.2, -0.15) is 0 Å². The number of hydrogen-bond acceptors (Lipinski definition) is 3. The highest BCUT2D eigenvalue weighted by atomic mass is 32.2. The molecule has 3 aromatic rings. The van der Waals surface area contributed by atoms with Gasteiger partial charge in [0.2, 0.25) is 0 Å². The fraction of sp³-hybridized carbons (Fsp3) is 0.0455. The average molecular weight is 346 g/mol. The zero-order chi connectivity index (χ0) is 17.5. The molecule has 0 amide bonds. The van der Waals surface area contributed by atoms with E-state index in [1.807, 2.05) is 36.0 Å². The minimum absolute atomic E-state index is 0.452. The molecule has 0 fully saturated rings. The highest BCUT2D eigenvalue weighted by Gasteiger charge is 2.07. The Morgan fingerprint density at radius 1 is 0.920 bits per heavy atom. The molecule has 0 saturated carbocycles. The predicted molar refractivity (Wildman–Crippen MR) is 104 cm³/mol. The van der Waals surface area contributed by atoms with Gasteiger partial charge in [-0.25, -0.2) is 4.79 Å². The molecule has 0 aliphatic carbocycles. The lowest BCUT2D eigenvalue weighted by Crippen LogP contribution is -2.02. The number of carbonyl (C=O) groups is 1. The van der Waals surface area contributed by atoms with Gasteiger partial charge >= 0.3 is 5.97 Å². The first-order chi connectivity index (χ1) is 12.3. The summed E-state index contributed by atoms with van der Waals surface area (Å²) in [6, 6.07) is 26.3. The Morgan fingerprint density at radius 2 is 1.60 bits per heavy atom. The molecule has 0 N–H and O–H groups in total. The fourth-order valence-corrected chi connectivity index (χ4v) is 3.46. The maximum atomic E-state index is 11.3. The minimum atomic E-state index is -0.452. The van der Waals surface area contributed by atoms with Crippen LogP contribution in [0.4, 0.5) is 0 Å². The molecule has 0 saturated heterocycles. The molecule has 3 heteroatoms. The summed E-state index contributed by atoms with van der Waals surface area (Å²) in [4.78, 5) is 12.5. The molecular formula is C22H18O2S. The van der Waals surface area contributed by atoms with E-state index in [-0.39, 0.29) is 0 Å². The summed E-state index contributed by atoms with van der Waals surface area (Å²) in [6.07, 6.45) is 1.16. The number of ether oxygens (including phenoxy) is 1. The quantitative estimate of drug-likeness (QED) is 0.246.